The Morgan fingerprint density at radius 3 is 2.65 bits per heavy atom. The van der Waals surface area contributed by atoms with Crippen LogP contribution in [0.5, 0.6) is 0 Å². The summed E-state index contributed by atoms with van der Waals surface area (Å²) in [4.78, 5) is 0. The fourth-order valence-electron chi connectivity index (χ4n) is 2.23. The van der Waals surface area contributed by atoms with Gasteiger partial charge in [0.1, 0.15) is 0 Å². The Morgan fingerprint density at radius 1 is 1.22 bits per heavy atom. The molecule has 0 atom stereocenters. The Kier molecular flexibility index (Phi) is 6.78. The lowest BCUT2D eigenvalue weighted by atomic mass is 10.1. The van der Waals surface area contributed by atoms with Gasteiger partial charge in [-0.1, -0.05) is 30.4 Å². The van der Waals surface area contributed by atoms with E-state index in [1.165, 1.54) is 0 Å². The molecule has 0 aliphatic heterocycles. The summed E-state index contributed by atoms with van der Waals surface area (Å²) in [5, 5.41) is 4.21. The van der Waals surface area contributed by atoms with Crippen molar-refractivity contribution in [1.82, 2.24) is 9.78 Å². The Balaban J connectivity index is 2.00. The molecule has 0 aliphatic rings. The maximum atomic E-state index is 12.4. The minimum atomic E-state index is -3.02. The first kappa shape index (κ1) is 17.7. The van der Waals surface area contributed by atoms with Gasteiger partial charge in [-0.05, 0) is 37.1 Å². The van der Waals surface area contributed by atoms with Crippen LogP contribution in [-0.2, 0) is 20.2 Å². The maximum Gasteiger partial charge on any atom is 0.334 e. The molecule has 0 radical (unpaired) electrons. The second-order valence-corrected chi connectivity index (χ2v) is 7.08. The number of nitrogens with zero attached hydrogens (tertiary/aromatic N) is 2. The van der Waals surface area contributed by atoms with Gasteiger partial charge in [0.05, 0.1) is 25.9 Å². The van der Waals surface area contributed by atoms with E-state index < -0.39 is 7.60 Å². The minimum Gasteiger partial charge on any atom is -0.309 e. The highest BCUT2D eigenvalue weighted by molar-refractivity contribution is 7.54. The fraction of sp³-hybridized carbons (Fsp3) is 0.353. The molecule has 6 heteroatoms. The van der Waals surface area contributed by atoms with Crippen molar-refractivity contribution >= 4 is 13.7 Å². The zero-order valence-corrected chi connectivity index (χ0v) is 14.5. The lowest BCUT2D eigenvalue weighted by Crippen LogP contribution is -1.99. The van der Waals surface area contributed by atoms with Crippen molar-refractivity contribution in [2.24, 2.45) is 0 Å². The van der Waals surface area contributed by atoms with Gasteiger partial charge in [0.25, 0.3) is 0 Å². The van der Waals surface area contributed by atoms with E-state index >= 15 is 0 Å². The molecule has 1 heterocycles. The summed E-state index contributed by atoms with van der Waals surface area (Å²) in [6.45, 7) is 5.11. The molecule has 0 saturated heterocycles. The molecule has 0 fully saturated rings. The normalized spacial score (nSPS) is 12.1. The standard InChI is InChI=1S/C17H23N2O3P/c1-3-21-23(20,22-4-2)13-6-10-16-8-5-9-17(14-16)15-19-12-7-11-18-19/h5-12,14H,3-4,13,15H2,1-2H3. The first-order valence-corrected chi connectivity index (χ1v) is 9.49. The van der Waals surface area contributed by atoms with Crippen LogP contribution in [0.2, 0.25) is 0 Å². The third-order valence-corrected chi connectivity index (χ3v) is 5.11. The van der Waals surface area contributed by atoms with Gasteiger partial charge in [-0.3, -0.25) is 9.25 Å². The zero-order chi connectivity index (χ0) is 16.5. The molecule has 0 N–H and O–H groups in total. The lowest BCUT2D eigenvalue weighted by molar-refractivity contribution is 0.222. The van der Waals surface area contributed by atoms with Gasteiger partial charge in [-0.25, -0.2) is 0 Å². The van der Waals surface area contributed by atoms with Crippen molar-refractivity contribution < 1.29 is 13.6 Å². The molecule has 1 aromatic heterocycles. The topological polar surface area (TPSA) is 53.4 Å². The van der Waals surface area contributed by atoms with Crippen LogP contribution in [0.3, 0.4) is 0 Å². The maximum absolute atomic E-state index is 12.4. The number of hydrogen-bond donors (Lipinski definition) is 0. The van der Waals surface area contributed by atoms with E-state index in [9.17, 15) is 4.57 Å². The molecule has 124 valence electrons. The van der Waals surface area contributed by atoms with E-state index in [0.717, 1.165) is 17.7 Å². The molecule has 1 aromatic carbocycles. The average molecular weight is 334 g/mol. The molecule has 2 rings (SSSR count). The number of benzene rings is 1. The summed E-state index contributed by atoms with van der Waals surface area (Å²) in [5.74, 6) is 0. The van der Waals surface area contributed by atoms with Crippen LogP contribution in [0.4, 0.5) is 0 Å². The number of hydrogen-bond acceptors (Lipinski definition) is 4. The van der Waals surface area contributed by atoms with Crippen LogP contribution in [-0.4, -0.2) is 29.2 Å². The molecule has 23 heavy (non-hydrogen) atoms. The number of aromatic nitrogens is 2. The average Bonchev–Trinajstić information content (AvgIpc) is 3.01. The monoisotopic (exact) mass is 334 g/mol. The molecule has 0 bridgehead atoms. The molecular weight excluding hydrogens is 311 g/mol. The Morgan fingerprint density at radius 2 is 2.00 bits per heavy atom. The SMILES string of the molecule is CCOP(=O)(CC=Cc1cccc(Cn2cccn2)c1)OCC. The minimum absolute atomic E-state index is 0.276. The molecule has 0 spiro atoms. The first-order chi connectivity index (χ1) is 11.1. The van der Waals surface area contributed by atoms with Crippen molar-refractivity contribution in [2.45, 2.75) is 20.4 Å². The summed E-state index contributed by atoms with van der Waals surface area (Å²) < 4.78 is 24.8. The second kappa shape index (κ2) is 8.82. The van der Waals surface area contributed by atoms with Gasteiger partial charge in [-0.2, -0.15) is 5.10 Å². The lowest BCUT2D eigenvalue weighted by Gasteiger charge is -2.14. The van der Waals surface area contributed by atoms with Gasteiger partial charge in [0.2, 0.25) is 0 Å². The molecule has 0 saturated carbocycles. The van der Waals surface area contributed by atoms with Gasteiger partial charge < -0.3 is 9.05 Å². The van der Waals surface area contributed by atoms with Gasteiger partial charge in [0.15, 0.2) is 0 Å². The van der Waals surface area contributed by atoms with E-state index in [0.29, 0.717) is 13.2 Å². The molecule has 5 nitrogen and oxygen atoms in total. The highest BCUT2D eigenvalue weighted by Crippen LogP contribution is 2.47. The van der Waals surface area contributed by atoms with Crippen molar-refractivity contribution in [3.05, 3.63) is 59.9 Å². The smallest absolute Gasteiger partial charge is 0.309 e. The van der Waals surface area contributed by atoms with E-state index in [-0.39, 0.29) is 6.16 Å². The summed E-state index contributed by atoms with van der Waals surface area (Å²) in [7, 11) is -3.02. The van der Waals surface area contributed by atoms with Crippen LogP contribution in [0.1, 0.15) is 25.0 Å². The van der Waals surface area contributed by atoms with E-state index in [1.807, 2.05) is 55.1 Å². The molecule has 0 unspecified atom stereocenters. The van der Waals surface area contributed by atoms with E-state index in [1.54, 1.807) is 6.20 Å². The summed E-state index contributed by atoms with van der Waals surface area (Å²) in [6.07, 6.45) is 7.76. The summed E-state index contributed by atoms with van der Waals surface area (Å²) >= 11 is 0. The van der Waals surface area contributed by atoms with Gasteiger partial charge in [0, 0.05) is 12.4 Å². The van der Waals surface area contributed by atoms with Crippen LogP contribution >= 0.6 is 7.60 Å². The number of rotatable bonds is 9. The summed E-state index contributed by atoms with van der Waals surface area (Å²) in [5.41, 5.74) is 2.21. The summed E-state index contributed by atoms with van der Waals surface area (Å²) in [6, 6.07) is 10.1. The molecular formula is C17H23N2O3P. The van der Waals surface area contributed by atoms with E-state index in [2.05, 4.69) is 17.2 Å². The Bertz CT molecular complexity index is 658. The van der Waals surface area contributed by atoms with Crippen molar-refractivity contribution in [3.63, 3.8) is 0 Å². The van der Waals surface area contributed by atoms with Gasteiger partial charge >= 0.3 is 7.60 Å². The van der Waals surface area contributed by atoms with Crippen molar-refractivity contribution in [2.75, 3.05) is 19.4 Å². The quantitative estimate of drug-likeness (QED) is 0.645. The van der Waals surface area contributed by atoms with Gasteiger partial charge in [-0.15, -0.1) is 0 Å². The highest BCUT2D eigenvalue weighted by Gasteiger charge is 2.20. The third-order valence-electron chi connectivity index (χ3n) is 3.15. The largest absolute Gasteiger partial charge is 0.334 e. The third kappa shape index (κ3) is 5.79. The second-order valence-electron chi connectivity index (χ2n) is 4.98. The van der Waals surface area contributed by atoms with Crippen LogP contribution < -0.4 is 0 Å². The molecule has 0 amide bonds. The Hall–Kier alpha value is -1.68. The zero-order valence-electron chi connectivity index (χ0n) is 13.6. The predicted octanol–water partition coefficient (Wildman–Crippen LogP) is 4.21. The van der Waals surface area contributed by atoms with Crippen LogP contribution in [0.25, 0.3) is 6.08 Å². The predicted molar refractivity (Wildman–Crippen MR) is 92.5 cm³/mol. The van der Waals surface area contributed by atoms with Crippen LogP contribution in [0.15, 0.2) is 48.8 Å². The number of allylic oxidation sites excluding steroid dienone is 1. The first-order valence-electron chi connectivity index (χ1n) is 7.76. The van der Waals surface area contributed by atoms with Crippen LogP contribution in [0, 0.1) is 0 Å². The Labute approximate surface area is 137 Å². The highest BCUT2D eigenvalue weighted by atomic mass is 31.2. The fourth-order valence-corrected chi connectivity index (χ4v) is 3.67. The van der Waals surface area contributed by atoms with E-state index in [4.69, 9.17) is 9.05 Å². The molecule has 0 aliphatic carbocycles. The van der Waals surface area contributed by atoms with Crippen molar-refractivity contribution in [3.8, 4) is 0 Å². The van der Waals surface area contributed by atoms with Crippen molar-refractivity contribution in [1.29, 1.82) is 0 Å². The molecule has 2 aromatic rings.